The van der Waals surface area contributed by atoms with Crippen LogP contribution in [0.15, 0.2) is 24.3 Å². The first-order valence-electron chi connectivity index (χ1n) is 9.34. The van der Waals surface area contributed by atoms with Gasteiger partial charge in [-0.25, -0.2) is 4.79 Å². The van der Waals surface area contributed by atoms with Crippen molar-refractivity contribution in [1.29, 1.82) is 0 Å². The van der Waals surface area contributed by atoms with E-state index in [1.807, 2.05) is 26.0 Å². The van der Waals surface area contributed by atoms with Gasteiger partial charge in [0.2, 0.25) is 0 Å². The van der Waals surface area contributed by atoms with Crippen molar-refractivity contribution < 1.29 is 19.0 Å². The van der Waals surface area contributed by atoms with Gasteiger partial charge in [-0.2, -0.15) is 0 Å². The summed E-state index contributed by atoms with van der Waals surface area (Å²) >= 11 is 0. The largest absolute Gasteiger partial charge is 0.459 e. The van der Waals surface area contributed by atoms with Gasteiger partial charge in [0.25, 0.3) is 0 Å². The van der Waals surface area contributed by atoms with Crippen LogP contribution in [0.4, 0.5) is 0 Å². The Bertz CT molecular complexity index is 453. The summed E-state index contributed by atoms with van der Waals surface area (Å²) in [4.78, 5) is 12.0. The maximum atomic E-state index is 12.0. The van der Waals surface area contributed by atoms with E-state index in [4.69, 9.17) is 14.2 Å². The molecule has 4 nitrogen and oxygen atoms in total. The summed E-state index contributed by atoms with van der Waals surface area (Å²) in [6.07, 6.45) is 14.0. The molecule has 2 aliphatic heterocycles. The number of hydrogen-bond acceptors (Lipinski definition) is 4. The fourth-order valence-corrected chi connectivity index (χ4v) is 3.28. The van der Waals surface area contributed by atoms with Gasteiger partial charge in [0, 0.05) is 12.0 Å². The minimum Gasteiger partial charge on any atom is -0.459 e. The summed E-state index contributed by atoms with van der Waals surface area (Å²) in [5.74, 6) is -0.743. The number of allylic oxidation sites excluding steroid dienone is 1. The molecular weight excluding hydrogens is 304 g/mol. The fourth-order valence-electron chi connectivity index (χ4n) is 3.28. The Balaban J connectivity index is 1.61. The highest BCUT2D eigenvalue weighted by Gasteiger charge is 2.34. The average molecular weight is 336 g/mol. The normalized spacial score (nSPS) is 27.6. The molecule has 2 aliphatic rings. The number of carbonyl (C=O) groups excluding carboxylic acids is 1. The molecule has 0 bridgehead atoms. The smallest absolute Gasteiger partial charge is 0.334 e. The van der Waals surface area contributed by atoms with Crippen molar-refractivity contribution in [2.75, 3.05) is 6.61 Å². The lowest BCUT2D eigenvalue weighted by molar-refractivity contribution is -0.139. The molecule has 0 saturated carbocycles. The van der Waals surface area contributed by atoms with Gasteiger partial charge in [0.05, 0.1) is 6.61 Å². The molecule has 2 saturated heterocycles. The molecule has 2 fully saturated rings. The molecule has 24 heavy (non-hydrogen) atoms. The average Bonchev–Trinajstić information content (AvgIpc) is 3.04. The van der Waals surface area contributed by atoms with E-state index in [2.05, 4.69) is 6.58 Å². The first-order chi connectivity index (χ1) is 11.5. The Morgan fingerprint density at radius 1 is 1.17 bits per heavy atom. The molecule has 2 rings (SSSR count). The van der Waals surface area contributed by atoms with E-state index < -0.39 is 5.79 Å². The monoisotopic (exact) mass is 336 g/mol. The predicted molar refractivity (Wildman–Crippen MR) is 94.6 cm³/mol. The molecule has 136 valence electrons. The lowest BCUT2D eigenvalue weighted by Gasteiger charge is -2.15. The van der Waals surface area contributed by atoms with E-state index in [0.717, 1.165) is 24.8 Å². The fraction of sp³-hybridized carbons (Fsp3) is 0.750. The summed E-state index contributed by atoms with van der Waals surface area (Å²) < 4.78 is 16.7. The Morgan fingerprint density at radius 2 is 1.88 bits per heavy atom. The number of cyclic esters (lactones) is 1. The molecule has 2 heterocycles. The SMILES string of the molecule is C=CCCCCCCCC[C@@H]1C/C(=C\[C@H]2COC(C)(C)O2)C(=O)O1. The lowest BCUT2D eigenvalue weighted by Crippen LogP contribution is -2.21. The van der Waals surface area contributed by atoms with Gasteiger partial charge in [-0.1, -0.05) is 31.8 Å². The third kappa shape index (κ3) is 6.40. The summed E-state index contributed by atoms with van der Waals surface area (Å²) in [5.41, 5.74) is 0.746. The zero-order valence-corrected chi connectivity index (χ0v) is 15.2. The van der Waals surface area contributed by atoms with E-state index in [1.54, 1.807) is 0 Å². The minimum atomic E-state index is -0.560. The second kappa shape index (κ2) is 9.38. The van der Waals surface area contributed by atoms with Gasteiger partial charge in [-0.05, 0) is 45.6 Å². The third-order valence-corrected chi connectivity index (χ3v) is 4.59. The number of carbonyl (C=O) groups is 1. The topological polar surface area (TPSA) is 44.8 Å². The summed E-state index contributed by atoms with van der Waals surface area (Å²) in [6.45, 7) is 8.02. The highest BCUT2D eigenvalue weighted by molar-refractivity contribution is 5.90. The number of unbranched alkanes of at least 4 members (excludes halogenated alkanes) is 6. The summed E-state index contributed by atoms with van der Waals surface area (Å²) in [5, 5.41) is 0. The van der Waals surface area contributed by atoms with Crippen molar-refractivity contribution in [1.82, 2.24) is 0 Å². The Kier molecular flexibility index (Phi) is 7.50. The van der Waals surface area contributed by atoms with Crippen LogP contribution in [-0.4, -0.2) is 30.6 Å². The van der Waals surface area contributed by atoms with Crippen LogP contribution in [0, 0.1) is 0 Å². The van der Waals surface area contributed by atoms with Crippen molar-refractivity contribution in [3.05, 3.63) is 24.3 Å². The van der Waals surface area contributed by atoms with Crippen molar-refractivity contribution in [3.63, 3.8) is 0 Å². The van der Waals surface area contributed by atoms with E-state index in [1.165, 1.54) is 32.1 Å². The van der Waals surface area contributed by atoms with Crippen LogP contribution in [0.3, 0.4) is 0 Å². The highest BCUT2D eigenvalue weighted by atomic mass is 16.7. The molecule has 0 spiro atoms. The molecule has 0 aromatic rings. The standard InChI is InChI=1S/C20H32O4/c1-4-5-6-7-8-9-10-11-12-17-13-16(19(21)23-17)14-18-15-22-20(2,3)24-18/h4,14,17-18H,1,5-13,15H2,2-3H3/b16-14+/t17-,18+/m1/s1. The maximum Gasteiger partial charge on any atom is 0.334 e. The zero-order chi connectivity index (χ0) is 17.4. The van der Waals surface area contributed by atoms with Crippen LogP contribution >= 0.6 is 0 Å². The molecule has 0 N–H and O–H groups in total. The Hall–Kier alpha value is -1.13. The van der Waals surface area contributed by atoms with E-state index in [-0.39, 0.29) is 18.2 Å². The Labute approximate surface area is 146 Å². The van der Waals surface area contributed by atoms with Crippen LogP contribution in [-0.2, 0) is 19.0 Å². The lowest BCUT2D eigenvalue weighted by atomic mass is 10.0. The number of rotatable bonds is 10. The summed E-state index contributed by atoms with van der Waals surface area (Å²) in [6, 6.07) is 0. The molecule has 0 aromatic heterocycles. The Morgan fingerprint density at radius 3 is 2.54 bits per heavy atom. The van der Waals surface area contributed by atoms with Crippen LogP contribution < -0.4 is 0 Å². The van der Waals surface area contributed by atoms with Gasteiger partial charge >= 0.3 is 5.97 Å². The minimum absolute atomic E-state index is 0.0415. The third-order valence-electron chi connectivity index (χ3n) is 4.59. The highest BCUT2D eigenvalue weighted by Crippen LogP contribution is 2.29. The van der Waals surface area contributed by atoms with Gasteiger partial charge in [-0.15, -0.1) is 6.58 Å². The maximum absolute atomic E-state index is 12.0. The van der Waals surface area contributed by atoms with Gasteiger partial charge in [0.1, 0.15) is 12.2 Å². The van der Waals surface area contributed by atoms with Gasteiger partial charge in [0.15, 0.2) is 5.79 Å². The van der Waals surface area contributed by atoms with Crippen LogP contribution in [0.5, 0.6) is 0 Å². The quantitative estimate of drug-likeness (QED) is 0.251. The molecule has 0 aromatic carbocycles. The molecule has 4 heteroatoms. The van der Waals surface area contributed by atoms with E-state index >= 15 is 0 Å². The number of hydrogen-bond donors (Lipinski definition) is 0. The summed E-state index contributed by atoms with van der Waals surface area (Å²) in [7, 11) is 0. The van der Waals surface area contributed by atoms with E-state index in [9.17, 15) is 4.79 Å². The molecule has 2 atom stereocenters. The molecular formula is C20H32O4. The van der Waals surface area contributed by atoms with Crippen molar-refractivity contribution in [2.45, 2.75) is 89.6 Å². The van der Waals surface area contributed by atoms with Crippen molar-refractivity contribution in [3.8, 4) is 0 Å². The molecule has 0 radical (unpaired) electrons. The zero-order valence-electron chi connectivity index (χ0n) is 15.2. The second-order valence-electron chi connectivity index (χ2n) is 7.28. The molecule has 0 aliphatic carbocycles. The van der Waals surface area contributed by atoms with Gasteiger partial charge < -0.3 is 14.2 Å². The van der Waals surface area contributed by atoms with E-state index in [0.29, 0.717) is 13.0 Å². The van der Waals surface area contributed by atoms with Crippen molar-refractivity contribution in [2.24, 2.45) is 0 Å². The van der Waals surface area contributed by atoms with Crippen LogP contribution in [0.2, 0.25) is 0 Å². The second-order valence-corrected chi connectivity index (χ2v) is 7.28. The first kappa shape index (κ1) is 19.2. The number of ether oxygens (including phenoxy) is 3. The molecule has 0 amide bonds. The molecule has 0 unspecified atom stereocenters. The first-order valence-corrected chi connectivity index (χ1v) is 9.34. The predicted octanol–water partition coefficient (Wildman–Crippen LogP) is 4.69. The number of esters is 1. The van der Waals surface area contributed by atoms with Crippen LogP contribution in [0.1, 0.15) is 71.6 Å². The van der Waals surface area contributed by atoms with Crippen molar-refractivity contribution >= 4 is 5.97 Å². The van der Waals surface area contributed by atoms with Crippen LogP contribution in [0.25, 0.3) is 0 Å². The van der Waals surface area contributed by atoms with Gasteiger partial charge in [-0.3, -0.25) is 0 Å².